The number of benzene rings is 1. The summed E-state index contributed by atoms with van der Waals surface area (Å²) in [6.07, 6.45) is 1.42. The summed E-state index contributed by atoms with van der Waals surface area (Å²) in [4.78, 5) is 12.3. The van der Waals surface area contributed by atoms with Crippen LogP contribution in [0.5, 0.6) is 0 Å². The Kier molecular flexibility index (Phi) is 4.25. The van der Waals surface area contributed by atoms with E-state index in [1.807, 2.05) is 41.7 Å². The van der Waals surface area contributed by atoms with Crippen LogP contribution in [0.2, 0.25) is 0 Å². The van der Waals surface area contributed by atoms with E-state index in [2.05, 4.69) is 26.7 Å². The SMILES string of the molecule is Cc1cc2nnc(SCC(=O)Nc3c(C#N)cnn3C)n2c2ccccc12. The van der Waals surface area contributed by atoms with E-state index in [-0.39, 0.29) is 11.7 Å². The summed E-state index contributed by atoms with van der Waals surface area (Å²) in [5, 5.41) is 26.0. The van der Waals surface area contributed by atoms with Gasteiger partial charge in [0.15, 0.2) is 10.8 Å². The van der Waals surface area contributed by atoms with Crippen molar-refractivity contribution in [1.29, 1.82) is 5.26 Å². The zero-order valence-corrected chi connectivity index (χ0v) is 15.5. The van der Waals surface area contributed by atoms with Crippen molar-refractivity contribution in [3.05, 3.63) is 47.7 Å². The van der Waals surface area contributed by atoms with Gasteiger partial charge in [-0.2, -0.15) is 10.4 Å². The van der Waals surface area contributed by atoms with Gasteiger partial charge in [-0.1, -0.05) is 30.0 Å². The van der Waals surface area contributed by atoms with E-state index >= 15 is 0 Å². The van der Waals surface area contributed by atoms with Gasteiger partial charge in [0.2, 0.25) is 5.91 Å². The summed E-state index contributed by atoms with van der Waals surface area (Å²) in [5.41, 5.74) is 3.19. The molecule has 9 heteroatoms. The van der Waals surface area contributed by atoms with Gasteiger partial charge in [-0.3, -0.25) is 13.9 Å². The fourth-order valence-corrected chi connectivity index (χ4v) is 3.69. The lowest BCUT2D eigenvalue weighted by Crippen LogP contribution is -2.17. The second-order valence-electron chi connectivity index (χ2n) is 6.00. The first-order valence-electron chi connectivity index (χ1n) is 8.16. The average Bonchev–Trinajstić information content (AvgIpc) is 3.24. The molecule has 4 aromatic rings. The Hall–Kier alpha value is -3.38. The molecule has 8 nitrogen and oxygen atoms in total. The number of hydrogen-bond acceptors (Lipinski definition) is 6. The second-order valence-corrected chi connectivity index (χ2v) is 6.94. The number of nitriles is 1. The van der Waals surface area contributed by atoms with Crippen LogP contribution in [0.15, 0.2) is 41.7 Å². The number of fused-ring (bicyclic) bond motifs is 3. The summed E-state index contributed by atoms with van der Waals surface area (Å²) in [6, 6.07) is 12.0. The van der Waals surface area contributed by atoms with E-state index in [1.54, 1.807) is 7.05 Å². The van der Waals surface area contributed by atoms with Gasteiger partial charge in [-0.05, 0) is 24.6 Å². The third kappa shape index (κ3) is 3.00. The van der Waals surface area contributed by atoms with Gasteiger partial charge >= 0.3 is 0 Å². The number of nitrogens with zero attached hydrogens (tertiary/aromatic N) is 6. The number of anilines is 1. The predicted molar refractivity (Wildman–Crippen MR) is 103 cm³/mol. The van der Waals surface area contributed by atoms with Crippen LogP contribution in [0.4, 0.5) is 5.82 Å². The van der Waals surface area contributed by atoms with Crippen molar-refractivity contribution in [2.45, 2.75) is 12.1 Å². The van der Waals surface area contributed by atoms with Crippen LogP contribution in [0.1, 0.15) is 11.1 Å². The molecule has 1 amide bonds. The zero-order valence-electron chi connectivity index (χ0n) is 14.7. The highest BCUT2D eigenvalue weighted by Crippen LogP contribution is 2.25. The van der Waals surface area contributed by atoms with Crippen molar-refractivity contribution in [2.75, 3.05) is 11.1 Å². The molecule has 0 fully saturated rings. The van der Waals surface area contributed by atoms with Gasteiger partial charge in [-0.15, -0.1) is 10.2 Å². The zero-order chi connectivity index (χ0) is 19.0. The minimum Gasteiger partial charge on any atom is -0.309 e. The minimum atomic E-state index is -0.242. The molecular formula is C18H15N7OS. The molecule has 0 spiro atoms. The van der Waals surface area contributed by atoms with E-state index in [1.165, 1.54) is 22.6 Å². The Morgan fingerprint density at radius 3 is 2.96 bits per heavy atom. The van der Waals surface area contributed by atoms with Crippen molar-refractivity contribution in [1.82, 2.24) is 24.4 Å². The van der Waals surface area contributed by atoms with Gasteiger partial charge in [-0.25, -0.2) is 0 Å². The molecule has 0 unspecified atom stereocenters. The van der Waals surface area contributed by atoms with Crippen LogP contribution in [0.3, 0.4) is 0 Å². The number of carbonyl (C=O) groups excluding carboxylic acids is 1. The number of rotatable bonds is 4. The van der Waals surface area contributed by atoms with E-state index < -0.39 is 0 Å². The number of amides is 1. The average molecular weight is 377 g/mol. The van der Waals surface area contributed by atoms with Crippen LogP contribution in [0, 0.1) is 18.3 Å². The quantitative estimate of drug-likeness (QED) is 0.549. The van der Waals surface area contributed by atoms with Crippen molar-refractivity contribution >= 4 is 40.0 Å². The molecule has 0 atom stereocenters. The Balaban J connectivity index is 1.59. The number of thioether (sulfide) groups is 1. The lowest BCUT2D eigenvalue weighted by Gasteiger charge is -2.08. The van der Waals surface area contributed by atoms with Crippen LogP contribution in [-0.4, -0.2) is 36.0 Å². The molecule has 0 aliphatic heterocycles. The summed E-state index contributed by atoms with van der Waals surface area (Å²) in [7, 11) is 1.67. The minimum absolute atomic E-state index is 0.138. The van der Waals surface area contributed by atoms with Crippen LogP contribution in [-0.2, 0) is 11.8 Å². The van der Waals surface area contributed by atoms with E-state index in [0.29, 0.717) is 16.5 Å². The molecule has 0 aliphatic rings. The Morgan fingerprint density at radius 1 is 1.33 bits per heavy atom. The Morgan fingerprint density at radius 2 is 2.15 bits per heavy atom. The van der Waals surface area contributed by atoms with Gasteiger partial charge in [0.25, 0.3) is 0 Å². The number of hydrogen-bond donors (Lipinski definition) is 1. The molecule has 1 N–H and O–H groups in total. The fourth-order valence-electron chi connectivity index (χ4n) is 2.93. The van der Waals surface area contributed by atoms with Crippen molar-refractivity contribution in [3.8, 4) is 6.07 Å². The molecule has 4 rings (SSSR count). The van der Waals surface area contributed by atoms with Crippen LogP contribution >= 0.6 is 11.8 Å². The monoisotopic (exact) mass is 377 g/mol. The highest BCUT2D eigenvalue weighted by Gasteiger charge is 2.15. The Bertz CT molecular complexity index is 1220. The smallest absolute Gasteiger partial charge is 0.236 e. The first-order valence-corrected chi connectivity index (χ1v) is 9.15. The molecule has 3 aromatic heterocycles. The van der Waals surface area contributed by atoms with E-state index in [9.17, 15) is 4.79 Å². The maximum atomic E-state index is 12.3. The number of aromatic nitrogens is 5. The third-order valence-corrected chi connectivity index (χ3v) is 5.15. The maximum absolute atomic E-state index is 12.3. The number of carbonyl (C=O) groups is 1. The highest BCUT2D eigenvalue weighted by atomic mass is 32.2. The number of aryl methyl sites for hydroxylation is 2. The number of para-hydroxylation sites is 1. The summed E-state index contributed by atoms with van der Waals surface area (Å²) in [6.45, 7) is 2.04. The van der Waals surface area contributed by atoms with Gasteiger partial charge < -0.3 is 5.32 Å². The topological polar surface area (TPSA) is 101 Å². The number of pyridine rings is 1. The van der Waals surface area contributed by atoms with Crippen molar-refractivity contribution < 1.29 is 4.79 Å². The lowest BCUT2D eigenvalue weighted by molar-refractivity contribution is -0.113. The van der Waals surface area contributed by atoms with Gasteiger partial charge in [0.05, 0.1) is 17.5 Å². The molecule has 0 saturated carbocycles. The second kappa shape index (κ2) is 6.74. The van der Waals surface area contributed by atoms with Gasteiger partial charge in [0.1, 0.15) is 17.5 Å². The predicted octanol–water partition coefficient (Wildman–Crippen LogP) is 2.53. The van der Waals surface area contributed by atoms with Gasteiger partial charge in [0, 0.05) is 12.4 Å². The van der Waals surface area contributed by atoms with Crippen molar-refractivity contribution in [3.63, 3.8) is 0 Å². The largest absolute Gasteiger partial charge is 0.309 e. The molecule has 3 heterocycles. The van der Waals surface area contributed by atoms with E-state index in [4.69, 9.17) is 5.26 Å². The highest BCUT2D eigenvalue weighted by molar-refractivity contribution is 7.99. The lowest BCUT2D eigenvalue weighted by atomic mass is 10.1. The molecule has 0 radical (unpaired) electrons. The fraction of sp³-hybridized carbons (Fsp3) is 0.167. The third-order valence-electron chi connectivity index (χ3n) is 4.22. The molecule has 0 bridgehead atoms. The Labute approximate surface area is 158 Å². The molecule has 0 saturated heterocycles. The van der Waals surface area contributed by atoms with Crippen molar-refractivity contribution in [2.24, 2.45) is 7.05 Å². The summed E-state index contributed by atoms with van der Waals surface area (Å²) in [5.74, 6) is 0.280. The summed E-state index contributed by atoms with van der Waals surface area (Å²) >= 11 is 1.29. The normalized spacial score (nSPS) is 11.0. The molecular weight excluding hydrogens is 362 g/mol. The molecule has 1 aromatic carbocycles. The summed E-state index contributed by atoms with van der Waals surface area (Å²) < 4.78 is 3.41. The first kappa shape index (κ1) is 17.1. The van der Waals surface area contributed by atoms with Crippen LogP contribution in [0.25, 0.3) is 16.6 Å². The standard InChI is InChI=1S/C18H15N7OS/c1-11-7-15-22-23-18(25(15)14-6-4-3-5-13(11)14)27-10-16(26)21-17-12(8-19)9-20-24(17)2/h3-7,9H,10H2,1-2H3,(H,21,26). The molecule has 134 valence electrons. The molecule has 27 heavy (non-hydrogen) atoms. The van der Waals surface area contributed by atoms with Crippen LogP contribution < -0.4 is 5.32 Å². The van der Waals surface area contributed by atoms with E-state index in [0.717, 1.165) is 22.1 Å². The maximum Gasteiger partial charge on any atom is 0.236 e. The molecule has 0 aliphatic carbocycles. The number of nitrogens with one attached hydrogen (secondary N) is 1. The first-order chi connectivity index (χ1) is 13.1.